The van der Waals surface area contributed by atoms with E-state index in [1.165, 1.54) is 0 Å². The molecule has 0 unspecified atom stereocenters. The number of esters is 1. The number of benzene rings is 2. The molecular weight excluding hydrogens is 401 g/mol. The normalized spacial score (nSPS) is 14.8. The summed E-state index contributed by atoms with van der Waals surface area (Å²) in [4.78, 5) is 16.5. The molecule has 0 bridgehead atoms. The molecule has 146 valence electrons. The predicted molar refractivity (Wildman–Crippen MR) is 110 cm³/mol. The predicted octanol–water partition coefficient (Wildman–Crippen LogP) is 5.53. The van der Waals surface area contributed by atoms with Crippen LogP contribution >= 0.6 is 23.2 Å². The summed E-state index contributed by atoms with van der Waals surface area (Å²) in [6, 6.07) is 10.5. The standard InChI is InChI=1S/C21H19Cl2NO4/c1-3-9-27-19-16(23)10-13(12-18(19)26-4-2)11-17-21(25)28-20(24-17)14-7-5-6-8-15(14)22/h5-8,10-12H,3-4,9H2,1-2H3/b17-11-. The van der Waals surface area contributed by atoms with Gasteiger partial charge in [-0.05, 0) is 49.2 Å². The molecule has 0 saturated carbocycles. The summed E-state index contributed by atoms with van der Waals surface area (Å²) in [5.41, 5.74) is 1.35. The lowest BCUT2D eigenvalue weighted by molar-refractivity contribution is -0.129. The number of carbonyl (C=O) groups is 1. The molecule has 1 aliphatic heterocycles. The van der Waals surface area contributed by atoms with Crippen LogP contribution < -0.4 is 9.47 Å². The third-order valence-corrected chi connectivity index (χ3v) is 4.42. The van der Waals surface area contributed by atoms with Crippen LogP contribution in [-0.2, 0) is 9.53 Å². The number of halogens is 2. The molecule has 0 atom stereocenters. The van der Waals surface area contributed by atoms with E-state index in [1.54, 1.807) is 42.5 Å². The second-order valence-electron chi connectivity index (χ2n) is 5.93. The van der Waals surface area contributed by atoms with Gasteiger partial charge < -0.3 is 14.2 Å². The molecular formula is C21H19Cl2NO4. The van der Waals surface area contributed by atoms with Gasteiger partial charge in [0.05, 0.1) is 28.8 Å². The van der Waals surface area contributed by atoms with E-state index >= 15 is 0 Å². The monoisotopic (exact) mass is 419 g/mol. The number of rotatable bonds is 7. The Kier molecular flexibility index (Phi) is 6.60. The third-order valence-electron chi connectivity index (χ3n) is 3.81. The third kappa shape index (κ3) is 4.49. The van der Waals surface area contributed by atoms with E-state index in [9.17, 15) is 4.79 Å². The first-order valence-electron chi connectivity index (χ1n) is 8.90. The number of nitrogens with zero attached hydrogens (tertiary/aromatic N) is 1. The summed E-state index contributed by atoms with van der Waals surface area (Å²) in [7, 11) is 0. The molecule has 0 N–H and O–H groups in total. The molecule has 1 heterocycles. The van der Waals surface area contributed by atoms with Crippen molar-refractivity contribution in [3.8, 4) is 11.5 Å². The Balaban J connectivity index is 1.96. The molecule has 2 aromatic carbocycles. The van der Waals surface area contributed by atoms with Gasteiger partial charge in [-0.2, -0.15) is 0 Å². The average Bonchev–Trinajstić information content (AvgIpc) is 3.02. The van der Waals surface area contributed by atoms with Crippen molar-refractivity contribution in [3.05, 3.63) is 63.3 Å². The zero-order valence-corrected chi connectivity index (χ0v) is 17.0. The van der Waals surface area contributed by atoms with Crippen LogP contribution in [0.3, 0.4) is 0 Å². The van der Waals surface area contributed by atoms with Crippen molar-refractivity contribution in [2.45, 2.75) is 20.3 Å². The number of carbonyl (C=O) groups excluding carboxylic acids is 1. The Morgan fingerprint density at radius 1 is 1.11 bits per heavy atom. The summed E-state index contributed by atoms with van der Waals surface area (Å²) in [5, 5.41) is 0.849. The van der Waals surface area contributed by atoms with Gasteiger partial charge in [0.25, 0.3) is 0 Å². The van der Waals surface area contributed by atoms with Crippen LogP contribution in [0.5, 0.6) is 11.5 Å². The molecule has 28 heavy (non-hydrogen) atoms. The molecule has 0 aromatic heterocycles. The quantitative estimate of drug-likeness (QED) is 0.437. The lowest BCUT2D eigenvalue weighted by Crippen LogP contribution is -2.05. The average molecular weight is 420 g/mol. The summed E-state index contributed by atoms with van der Waals surface area (Å²) >= 11 is 12.5. The fourth-order valence-electron chi connectivity index (χ4n) is 2.60. The molecule has 0 amide bonds. The summed E-state index contributed by atoms with van der Waals surface area (Å²) in [6.45, 7) is 4.86. The first-order chi connectivity index (χ1) is 13.5. The molecule has 2 aromatic rings. The van der Waals surface area contributed by atoms with Crippen LogP contribution in [0.2, 0.25) is 10.0 Å². The van der Waals surface area contributed by atoms with Gasteiger partial charge >= 0.3 is 5.97 Å². The summed E-state index contributed by atoms with van der Waals surface area (Å²) in [5.74, 6) is 0.606. The molecule has 3 rings (SSSR count). The lowest BCUT2D eigenvalue weighted by atomic mass is 10.1. The van der Waals surface area contributed by atoms with Crippen LogP contribution in [0.4, 0.5) is 0 Å². The largest absolute Gasteiger partial charge is 0.490 e. The first-order valence-corrected chi connectivity index (χ1v) is 9.65. The Bertz CT molecular complexity index is 953. The zero-order valence-electron chi connectivity index (χ0n) is 15.5. The topological polar surface area (TPSA) is 57.1 Å². The van der Waals surface area contributed by atoms with Crippen molar-refractivity contribution < 1.29 is 19.0 Å². The van der Waals surface area contributed by atoms with Gasteiger partial charge in [0, 0.05) is 0 Å². The second-order valence-corrected chi connectivity index (χ2v) is 6.74. The SMILES string of the molecule is CCCOc1c(Cl)cc(/C=C2\N=C(c3ccccc3Cl)OC2=O)cc1OCC. The Morgan fingerprint density at radius 3 is 2.61 bits per heavy atom. The maximum atomic E-state index is 12.2. The summed E-state index contributed by atoms with van der Waals surface area (Å²) in [6.07, 6.45) is 2.43. The van der Waals surface area contributed by atoms with Gasteiger partial charge in [-0.25, -0.2) is 9.79 Å². The van der Waals surface area contributed by atoms with Gasteiger partial charge in [0.1, 0.15) is 0 Å². The minimum absolute atomic E-state index is 0.149. The Labute approximate surface area is 173 Å². The number of hydrogen-bond donors (Lipinski definition) is 0. The Morgan fingerprint density at radius 2 is 1.89 bits per heavy atom. The van der Waals surface area contributed by atoms with Crippen LogP contribution in [0.25, 0.3) is 6.08 Å². The van der Waals surface area contributed by atoms with Crippen LogP contribution in [0.1, 0.15) is 31.4 Å². The molecule has 0 radical (unpaired) electrons. The van der Waals surface area contributed by atoms with Crippen molar-refractivity contribution in [2.75, 3.05) is 13.2 Å². The summed E-state index contributed by atoms with van der Waals surface area (Å²) < 4.78 is 16.6. The molecule has 0 fully saturated rings. The smallest absolute Gasteiger partial charge is 0.363 e. The van der Waals surface area contributed by atoms with E-state index in [4.69, 9.17) is 37.4 Å². The maximum Gasteiger partial charge on any atom is 0.363 e. The molecule has 1 aliphatic rings. The minimum Gasteiger partial charge on any atom is -0.490 e. The highest BCUT2D eigenvalue weighted by Crippen LogP contribution is 2.37. The lowest BCUT2D eigenvalue weighted by Gasteiger charge is -2.14. The fraction of sp³-hybridized carbons (Fsp3) is 0.238. The van der Waals surface area contributed by atoms with Crippen molar-refractivity contribution in [1.82, 2.24) is 0 Å². The van der Waals surface area contributed by atoms with Gasteiger partial charge in [-0.1, -0.05) is 42.3 Å². The van der Waals surface area contributed by atoms with E-state index in [2.05, 4.69) is 4.99 Å². The highest BCUT2D eigenvalue weighted by molar-refractivity contribution is 6.34. The highest BCUT2D eigenvalue weighted by Gasteiger charge is 2.25. The molecule has 0 aliphatic carbocycles. The number of hydrogen-bond acceptors (Lipinski definition) is 5. The van der Waals surface area contributed by atoms with E-state index in [1.807, 2.05) is 13.8 Å². The second kappa shape index (κ2) is 9.13. The molecule has 0 spiro atoms. The van der Waals surface area contributed by atoms with Crippen LogP contribution in [0.15, 0.2) is 47.1 Å². The van der Waals surface area contributed by atoms with Crippen molar-refractivity contribution >= 4 is 41.1 Å². The van der Waals surface area contributed by atoms with Crippen molar-refractivity contribution in [3.63, 3.8) is 0 Å². The van der Waals surface area contributed by atoms with E-state index in [0.29, 0.717) is 45.9 Å². The minimum atomic E-state index is -0.560. The number of cyclic esters (lactones) is 1. The van der Waals surface area contributed by atoms with Gasteiger partial charge in [0.15, 0.2) is 17.2 Å². The Hall–Kier alpha value is -2.50. The van der Waals surface area contributed by atoms with Gasteiger partial charge in [0.2, 0.25) is 5.90 Å². The molecule has 7 heteroatoms. The number of ether oxygens (including phenoxy) is 3. The van der Waals surface area contributed by atoms with Crippen LogP contribution in [-0.4, -0.2) is 25.1 Å². The van der Waals surface area contributed by atoms with Gasteiger partial charge in [-0.3, -0.25) is 0 Å². The van der Waals surface area contributed by atoms with Crippen LogP contribution in [0, 0.1) is 0 Å². The van der Waals surface area contributed by atoms with E-state index in [0.717, 1.165) is 6.42 Å². The first kappa shape index (κ1) is 20.2. The molecule has 0 saturated heterocycles. The highest BCUT2D eigenvalue weighted by atomic mass is 35.5. The van der Waals surface area contributed by atoms with E-state index in [-0.39, 0.29) is 11.6 Å². The zero-order chi connectivity index (χ0) is 20.1. The maximum absolute atomic E-state index is 12.2. The van der Waals surface area contributed by atoms with E-state index < -0.39 is 5.97 Å². The molecule has 5 nitrogen and oxygen atoms in total. The van der Waals surface area contributed by atoms with Crippen molar-refractivity contribution in [2.24, 2.45) is 4.99 Å². The van der Waals surface area contributed by atoms with Gasteiger partial charge in [-0.15, -0.1) is 0 Å². The van der Waals surface area contributed by atoms with Crippen molar-refractivity contribution in [1.29, 1.82) is 0 Å². The fourth-order valence-corrected chi connectivity index (χ4v) is 3.09. The number of aliphatic imine (C=N–C) groups is 1.